The number of imide groups is 1. The molecule has 0 radical (unpaired) electrons. The fraction of sp³-hybridized carbons (Fsp3) is 0.800. The number of nitrogens with one attached hydrogen (secondary N) is 1. The molecule has 3 atom stereocenters. The SMILES string of the molecule is CCC1CC1NC1CC(=O)N(C)C1=O. The molecule has 4 heteroatoms. The van der Waals surface area contributed by atoms with Crippen LogP contribution in [0.25, 0.3) is 0 Å². The molecule has 0 spiro atoms. The topological polar surface area (TPSA) is 49.4 Å². The Balaban J connectivity index is 1.88. The molecular formula is C10H16N2O2. The lowest BCUT2D eigenvalue weighted by Gasteiger charge is -2.10. The summed E-state index contributed by atoms with van der Waals surface area (Å²) in [5.41, 5.74) is 0. The van der Waals surface area contributed by atoms with Gasteiger partial charge in [0.05, 0.1) is 12.5 Å². The standard InChI is InChI=1S/C10H16N2O2/c1-3-6-4-7(6)11-8-5-9(13)12(2)10(8)14/h6-8,11H,3-5H2,1-2H3. The number of carbonyl (C=O) groups excluding carboxylic acids is 2. The lowest BCUT2D eigenvalue weighted by Crippen LogP contribution is -2.38. The lowest BCUT2D eigenvalue weighted by molar-refractivity contribution is -0.137. The van der Waals surface area contributed by atoms with Gasteiger partial charge in [0.25, 0.3) is 0 Å². The second kappa shape index (κ2) is 3.35. The van der Waals surface area contributed by atoms with Crippen molar-refractivity contribution < 1.29 is 9.59 Å². The van der Waals surface area contributed by atoms with Gasteiger partial charge in [-0.15, -0.1) is 0 Å². The van der Waals surface area contributed by atoms with Gasteiger partial charge in [-0.25, -0.2) is 0 Å². The molecule has 1 saturated carbocycles. The Morgan fingerprint density at radius 2 is 2.21 bits per heavy atom. The van der Waals surface area contributed by atoms with Gasteiger partial charge in [0.2, 0.25) is 11.8 Å². The molecule has 2 rings (SSSR count). The van der Waals surface area contributed by atoms with Crippen LogP contribution >= 0.6 is 0 Å². The Morgan fingerprint density at radius 1 is 1.50 bits per heavy atom. The zero-order valence-corrected chi connectivity index (χ0v) is 8.62. The quantitative estimate of drug-likeness (QED) is 0.653. The Labute approximate surface area is 83.6 Å². The molecule has 4 nitrogen and oxygen atoms in total. The summed E-state index contributed by atoms with van der Waals surface area (Å²) in [7, 11) is 1.55. The van der Waals surface area contributed by atoms with Gasteiger partial charge < -0.3 is 5.32 Å². The lowest BCUT2D eigenvalue weighted by atomic mass is 10.2. The van der Waals surface area contributed by atoms with Crippen molar-refractivity contribution >= 4 is 11.8 Å². The molecule has 0 aromatic rings. The first kappa shape index (κ1) is 9.65. The van der Waals surface area contributed by atoms with Crippen molar-refractivity contribution in [3.63, 3.8) is 0 Å². The van der Waals surface area contributed by atoms with E-state index in [0.717, 1.165) is 12.8 Å². The van der Waals surface area contributed by atoms with Crippen molar-refractivity contribution in [1.29, 1.82) is 0 Å². The van der Waals surface area contributed by atoms with Gasteiger partial charge in [-0.1, -0.05) is 13.3 Å². The van der Waals surface area contributed by atoms with E-state index in [4.69, 9.17) is 0 Å². The van der Waals surface area contributed by atoms with E-state index in [2.05, 4.69) is 12.2 Å². The maximum atomic E-state index is 11.5. The van der Waals surface area contributed by atoms with E-state index in [-0.39, 0.29) is 17.9 Å². The molecule has 2 amide bonds. The number of carbonyl (C=O) groups is 2. The fourth-order valence-electron chi connectivity index (χ4n) is 2.05. The highest BCUT2D eigenvalue weighted by molar-refractivity contribution is 6.05. The normalized spacial score (nSPS) is 36.7. The van der Waals surface area contributed by atoms with Crippen LogP contribution in [0.15, 0.2) is 0 Å². The first-order valence-electron chi connectivity index (χ1n) is 5.20. The highest BCUT2D eigenvalue weighted by Crippen LogP contribution is 2.34. The van der Waals surface area contributed by atoms with Crippen LogP contribution in [-0.4, -0.2) is 35.8 Å². The molecule has 1 aliphatic heterocycles. The number of rotatable bonds is 3. The van der Waals surface area contributed by atoms with E-state index in [1.165, 1.54) is 4.90 Å². The van der Waals surface area contributed by atoms with Crippen LogP contribution < -0.4 is 5.32 Å². The second-order valence-corrected chi connectivity index (χ2v) is 4.22. The minimum Gasteiger partial charge on any atom is -0.302 e. The van der Waals surface area contributed by atoms with Gasteiger partial charge in [-0.2, -0.15) is 0 Å². The second-order valence-electron chi connectivity index (χ2n) is 4.22. The number of hydrogen-bond acceptors (Lipinski definition) is 3. The highest BCUT2D eigenvalue weighted by atomic mass is 16.2. The smallest absolute Gasteiger partial charge is 0.246 e. The highest BCUT2D eigenvalue weighted by Gasteiger charge is 2.42. The Morgan fingerprint density at radius 3 is 2.64 bits per heavy atom. The van der Waals surface area contributed by atoms with Crippen LogP contribution in [0.4, 0.5) is 0 Å². The molecule has 0 aromatic carbocycles. The molecule has 2 fully saturated rings. The number of hydrogen-bond donors (Lipinski definition) is 1. The Bertz CT molecular complexity index is 277. The van der Waals surface area contributed by atoms with E-state index in [9.17, 15) is 9.59 Å². The summed E-state index contributed by atoms with van der Waals surface area (Å²) in [6.07, 6.45) is 2.64. The van der Waals surface area contributed by atoms with Crippen LogP contribution in [0.5, 0.6) is 0 Å². The summed E-state index contributed by atoms with van der Waals surface area (Å²) >= 11 is 0. The van der Waals surface area contributed by atoms with Crippen molar-refractivity contribution in [2.24, 2.45) is 5.92 Å². The first-order chi connectivity index (χ1) is 6.63. The van der Waals surface area contributed by atoms with Gasteiger partial charge in [-0.05, 0) is 12.3 Å². The molecule has 14 heavy (non-hydrogen) atoms. The third kappa shape index (κ3) is 1.54. The van der Waals surface area contributed by atoms with Gasteiger partial charge >= 0.3 is 0 Å². The van der Waals surface area contributed by atoms with Crippen molar-refractivity contribution in [2.45, 2.75) is 38.3 Å². The van der Waals surface area contributed by atoms with Gasteiger partial charge in [0.1, 0.15) is 0 Å². The van der Waals surface area contributed by atoms with Gasteiger partial charge in [0.15, 0.2) is 0 Å². The Kier molecular flexibility index (Phi) is 2.31. The van der Waals surface area contributed by atoms with Crippen molar-refractivity contribution in [1.82, 2.24) is 10.2 Å². The molecular weight excluding hydrogens is 180 g/mol. The molecule has 1 heterocycles. The van der Waals surface area contributed by atoms with Crippen molar-refractivity contribution in [2.75, 3.05) is 7.05 Å². The summed E-state index contributed by atoms with van der Waals surface area (Å²) in [5.74, 6) is 0.571. The molecule has 3 unspecified atom stereocenters. The number of amides is 2. The van der Waals surface area contributed by atoms with E-state index in [1.807, 2.05) is 0 Å². The largest absolute Gasteiger partial charge is 0.302 e. The Hall–Kier alpha value is -0.900. The summed E-state index contributed by atoms with van der Waals surface area (Å²) in [6.45, 7) is 2.15. The van der Waals surface area contributed by atoms with Crippen molar-refractivity contribution in [3.8, 4) is 0 Å². The van der Waals surface area contributed by atoms with Gasteiger partial charge in [-0.3, -0.25) is 14.5 Å². The fourth-order valence-corrected chi connectivity index (χ4v) is 2.05. The average molecular weight is 196 g/mol. The summed E-state index contributed by atoms with van der Waals surface area (Å²) in [6, 6.07) is 0.210. The minimum atomic E-state index is -0.256. The molecule has 1 aliphatic carbocycles. The van der Waals surface area contributed by atoms with Gasteiger partial charge in [0, 0.05) is 13.1 Å². The number of likely N-dealkylation sites (N-methyl/N-ethyl adjacent to an activating group) is 1. The van der Waals surface area contributed by atoms with Crippen LogP contribution in [0, 0.1) is 5.92 Å². The minimum absolute atomic E-state index is 0.0683. The van der Waals surface area contributed by atoms with Crippen LogP contribution in [0.1, 0.15) is 26.2 Å². The predicted molar refractivity (Wildman–Crippen MR) is 51.5 cm³/mol. The third-order valence-electron chi connectivity index (χ3n) is 3.24. The predicted octanol–water partition coefficient (Wildman–Crippen LogP) is 0.132. The zero-order valence-electron chi connectivity index (χ0n) is 8.62. The van der Waals surface area contributed by atoms with Crippen LogP contribution in [-0.2, 0) is 9.59 Å². The first-order valence-corrected chi connectivity index (χ1v) is 5.20. The molecule has 0 aromatic heterocycles. The molecule has 1 N–H and O–H groups in total. The number of likely N-dealkylation sites (tertiary alicyclic amines) is 1. The molecule has 2 aliphatic rings. The molecule has 1 saturated heterocycles. The van der Waals surface area contributed by atoms with E-state index in [1.54, 1.807) is 7.05 Å². The maximum Gasteiger partial charge on any atom is 0.246 e. The number of nitrogens with zero attached hydrogens (tertiary/aromatic N) is 1. The summed E-state index contributed by atoms with van der Waals surface area (Å²) in [5, 5.41) is 3.25. The van der Waals surface area contributed by atoms with E-state index >= 15 is 0 Å². The zero-order chi connectivity index (χ0) is 10.3. The average Bonchev–Trinajstić information content (AvgIpc) is 2.87. The maximum absolute atomic E-state index is 11.5. The van der Waals surface area contributed by atoms with E-state index < -0.39 is 0 Å². The van der Waals surface area contributed by atoms with E-state index in [0.29, 0.717) is 18.4 Å². The van der Waals surface area contributed by atoms with Crippen molar-refractivity contribution in [3.05, 3.63) is 0 Å². The monoisotopic (exact) mass is 196 g/mol. The third-order valence-corrected chi connectivity index (χ3v) is 3.24. The summed E-state index contributed by atoms with van der Waals surface area (Å²) in [4.78, 5) is 24.0. The van der Waals surface area contributed by atoms with Crippen LogP contribution in [0.3, 0.4) is 0 Å². The summed E-state index contributed by atoms with van der Waals surface area (Å²) < 4.78 is 0. The van der Waals surface area contributed by atoms with Crippen LogP contribution in [0.2, 0.25) is 0 Å². The molecule has 78 valence electrons. The molecule has 0 bridgehead atoms.